The van der Waals surface area contributed by atoms with Crippen molar-refractivity contribution in [3.8, 4) is 9.88 Å². The monoisotopic (exact) mass is 419 g/mol. The molecule has 0 fully saturated rings. The third kappa shape index (κ3) is 4.59. The number of nitrogens with one attached hydrogen (secondary N) is 2. The van der Waals surface area contributed by atoms with Crippen LogP contribution in [0.2, 0.25) is 0 Å². The predicted molar refractivity (Wildman–Crippen MR) is 117 cm³/mol. The summed E-state index contributed by atoms with van der Waals surface area (Å²) in [4.78, 5) is 31.2. The molecule has 5 nitrogen and oxygen atoms in total. The van der Waals surface area contributed by atoms with Gasteiger partial charge in [0, 0.05) is 11.1 Å². The van der Waals surface area contributed by atoms with Crippen LogP contribution >= 0.6 is 22.7 Å². The minimum Gasteiger partial charge on any atom is -0.335 e. The molecule has 2 aromatic heterocycles. The molecule has 0 aliphatic rings. The Morgan fingerprint density at radius 3 is 2.28 bits per heavy atom. The van der Waals surface area contributed by atoms with Crippen molar-refractivity contribution in [2.24, 2.45) is 0 Å². The van der Waals surface area contributed by atoms with Gasteiger partial charge < -0.3 is 10.6 Å². The Morgan fingerprint density at radius 1 is 0.862 bits per heavy atom. The fourth-order valence-corrected chi connectivity index (χ4v) is 4.39. The highest BCUT2D eigenvalue weighted by atomic mass is 32.1. The highest BCUT2D eigenvalue weighted by molar-refractivity contribution is 7.20. The van der Waals surface area contributed by atoms with Gasteiger partial charge in [0.05, 0.1) is 4.88 Å². The van der Waals surface area contributed by atoms with Crippen LogP contribution in [0.3, 0.4) is 0 Å². The van der Waals surface area contributed by atoms with Gasteiger partial charge in [0.2, 0.25) is 0 Å². The molecule has 0 aliphatic heterocycles. The van der Waals surface area contributed by atoms with Gasteiger partial charge in [0.15, 0.2) is 0 Å². The Hall–Kier alpha value is -3.29. The number of aromatic nitrogens is 1. The first-order chi connectivity index (χ1) is 14.2. The van der Waals surface area contributed by atoms with Crippen LogP contribution in [0.5, 0.6) is 0 Å². The molecule has 7 heteroatoms. The van der Waals surface area contributed by atoms with E-state index in [1.807, 2.05) is 66.0 Å². The summed E-state index contributed by atoms with van der Waals surface area (Å²) < 4.78 is 0. The van der Waals surface area contributed by atoms with Crippen LogP contribution in [-0.2, 0) is 4.79 Å². The molecular weight excluding hydrogens is 402 g/mol. The summed E-state index contributed by atoms with van der Waals surface area (Å²) in [6, 6.07) is 21.4. The van der Waals surface area contributed by atoms with E-state index in [2.05, 4.69) is 15.6 Å². The maximum Gasteiger partial charge on any atom is 0.271 e. The topological polar surface area (TPSA) is 71.1 Å². The maximum absolute atomic E-state index is 12.9. The molecule has 1 unspecified atom stereocenters. The highest BCUT2D eigenvalue weighted by Crippen LogP contribution is 2.28. The van der Waals surface area contributed by atoms with Crippen molar-refractivity contribution in [1.29, 1.82) is 0 Å². The number of carbonyl (C=O) groups is 2. The molecule has 0 aliphatic carbocycles. The zero-order valence-electron chi connectivity index (χ0n) is 15.2. The Kier molecular flexibility index (Phi) is 5.79. The minimum atomic E-state index is -0.837. The summed E-state index contributed by atoms with van der Waals surface area (Å²) in [6.07, 6.45) is 0. The van der Waals surface area contributed by atoms with E-state index in [1.54, 1.807) is 28.8 Å². The standard InChI is InChI=1S/C22H17N3O2S2/c26-20(17-14-29-22(24-17)18-12-7-13-28-18)25-19(15-8-3-1-4-9-15)21(27)23-16-10-5-2-6-11-16/h1-14,19H,(H,23,27)(H,25,26). The zero-order chi connectivity index (χ0) is 20.1. The summed E-state index contributed by atoms with van der Waals surface area (Å²) in [5.41, 5.74) is 1.66. The average Bonchev–Trinajstić information content (AvgIpc) is 3.45. The van der Waals surface area contributed by atoms with Gasteiger partial charge in [0.25, 0.3) is 11.8 Å². The number of thiazole rings is 1. The number of anilines is 1. The lowest BCUT2D eigenvalue weighted by atomic mass is 10.1. The summed E-state index contributed by atoms with van der Waals surface area (Å²) >= 11 is 2.98. The molecule has 144 valence electrons. The van der Waals surface area contributed by atoms with Gasteiger partial charge in [-0.15, -0.1) is 22.7 Å². The molecule has 0 saturated heterocycles. The fraction of sp³-hybridized carbons (Fsp3) is 0.0455. The molecule has 29 heavy (non-hydrogen) atoms. The number of benzene rings is 2. The summed E-state index contributed by atoms with van der Waals surface area (Å²) in [7, 11) is 0. The van der Waals surface area contributed by atoms with E-state index in [-0.39, 0.29) is 11.8 Å². The second-order valence-corrected chi connectivity index (χ2v) is 7.99. The summed E-state index contributed by atoms with van der Waals surface area (Å²) in [5.74, 6) is -0.703. The van der Waals surface area contributed by atoms with Crippen LogP contribution in [0, 0.1) is 0 Å². The third-order valence-electron chi connectivity index (χ3n) is 4.18. The maximum atomic E-state index is 12.9. The largest absolute Gasteiger partial charge is 0.335 e. The second kappa shape index (κ2) is 8.81. The second-order valence-electron chi connectivity index (χ2n) is 6.19. The Labute approximate surface area is 176 Å². The van der Waals surface area contributed by atoms with Crippen molar-refractivity contribution in [3.05, 3.63) is 94.8 Å². The zero-order valence-corrected chi connectivity index (χ0v) is 16.9. The molecule has 4 aromatic rings. The number of para-hydroxylation sites is 1. The van der Waals surface area contributed by atoms with Crippen molar-refractivity contribution in [2.45, 2.75) is 6.04 Å². The van der Waals surface area contributed by atoms with E-state index < -0.39 is 6.04 Å². The van der Waals surface area contributed by atoms with E-state index in [0.29, 0.717) is 16.9 Å². The van der Waals surface area contributed by atoms with Gasteiger partial charge in [-0.2, -0.15) is 0 Å². The van der Waals surface area contributed by atoms with Crippen LogP contribution < -0.4 is 10.6 Å². The molecule has 1 atom stereocenters. The molecule has 4 rings (SSSR count). The average molecular weight is 420 g/mol. The van der Waals surface area contributed by atoms with E-state index in [1.165, 1.54) is 11.3 Å². The lowest BCUT2D eigenvalue weighted by Gasteiger charge is -2.18. The molecule has 0 saturated carbocycles. The molecule has 0 radical (unpaired) electrons. The first-order valence-electron chi connectivity index (χ1n) is 8.92. The number of thiophene rings is 1. The molecule has 0 bridgehead atoms. The van der Waals surface area contributed by atoms with E-state index >= 15 is 0 Å². The summed E-state index contributed by atoms with van der Waals surface area (Å²) in [6.45, 7) is 0. The van der Waals surface area contributed by atoms with Crippen molar-refractivity contribution < 1.29 is 9.59 Å². The number of hydrogen-bond acceptors (Lipinski definition) is 5. The van der Waals surface area contributed by atoms with Crippen LogP contribution in [0.25, 0.3) is 9.88 Å². The third-order valence-corrected chi connectivity index (χ3v) is 6.06. The number of amides is 2. The van der Waals surface area contributed by atoms with Gasteiger partial charge in [-0.1, -0.05) is 54.6 Å². The summed E-state index contributed by atoms with van der Waals surface area (Å²) in [5, 5.41) is 10.1. The van der Waals surface area contributed by atoms with Crippen LogP contribution in [0.1, 0.15) is 22.1 Å². The lowest BCUT2D eigenvalue weighted by Crippen LogP contribution is -2.37. The van der Waals surface area contributed by atoms with Crippen molar-refractivity contribution in [3.63, 3.8) is 0 Å². The van der Waals surface area contributed by atoms with E-state index in [4.69, 9.17) is 0 Å². The fourth-order valence-electron chi connectivity index (χ4n) is 2.78. The van der Waals surface area contributed by atoms with Crippen LogP contribution in [-0.4, -0.2) is 16.8 Å². The lowest BCUT2D eigenvalue weighted by molar-refractivity contribution is -0.118. The van der Waals surface area contributed by atoms with Crippen LogP contribution in [0.15, 0.2) is 83.6 Å². The Morgan fingerprint density at radius 2 is 1.59 bits per heavy atom. The first kappa shape index (κ1) is 19.0. The highest BCUT2D eigenvalue weighted by Gasteiger charge is 2.24. The SMILES string of the molecule is O=C(NC(C(=O)Nc1ccccc1)c1ccccc1)c1csc(-c2cccs2)n1. The molecule has 2 heterocycles. The normalized spacial score (nSPS) is 11.6. The molecule has 2 amide bonds. The minimum absolute atomic E-state index is 0.298. The molecule has 2 N–H and O–H groups in total. The smallest absolute Gasteiger partial charge is 0.271 e. The van der Waals surface area contributed by atoms with E-state index in [9.17, 15) is 9.59 Å². The number of hydrogen-bond donors (Lipinski definition) is 2. The molecule has 0 spiro atoms. The van der Waals surface area contributed by atoms with Gasteiger partial charge in [0.1, 0.15) is 16.7 Å². The van der Waals surface area contributed by atoms with Gasteiger partial charge in [-0.25, -0.2) is 4.98 Å². The van der Waals surface area contributed by atoms with Crippen molar-refractivity contribution >= 4 is 40.2 Å². The Balaban J connectivity index is 1.55. The van der Waals surface area contributed by atoms with Crippen molar-refractivity contribution in [1.82, 2.24) is 10.3 Å². The van der Waals surface area contributed by atoms with Gasteiger partial charge >= 0.3 is 0 Å². The van der Waals surface area contributed by atoms with Crippen molar-refractivity contribution in [2.75, 3.05) is 5.32 Å². The first-order valence-corrected chi connectivity index (χ1v) is 10.7. The van der Waals surface area contributed by atoms with E-state index in [0.717, 1.165) is 9.88 Å². The van der Waals surface area contributed by atoms with Gasteiger partial charge in [-0.3, -0.25) is 9.59 Å². The number of nitrogens with zero attached hydrogens (tertiary/aromatic N) is 1. The molecular formula is C22H17N3O2S2. The van der Waals surface area contributed by atoms with Crippen LogP contribution in [0.4, 0.5) is 5.69 Å². The van der Waals surface area contributed by atoms with Gasteiger partial charge in [-0.05, 0) is 29.1 Å². The quantitative estimate of drug-likeness (QED) is 0.463. The Bertz CT molecular complexity index is 1090. The molecule has 2 aromatic carbocycles. The predicted octanol–water partition coefficient (Wildman–Crippen LogP) is 4.98. The number of carbonyl (C=O) groups excluding carboxylic acids is 2. The number of rotatable bonds is 6.